The van der Waals surface area contributed by atoms with E-state index in [0.29, 0.717) is 5.25 Å². The summed E-state index contributed by atoms with van der Waals surface area (Å²) in [5, 5.41) is 8.05. The van der Waals surface area contributed by atoms with Crippen molar-refractivity contribution in [2.24, 2.45) is 0 Å². The van der Waals surface area contributed by atoms with Crippen LogP contribution in [-0.2, 0) is 5.41 Å². The third-order valence-electron chi connectivity index (χ3n) is 10.2. The van der Waals surface area contributed by atoms with Gasteiger partial charge in [0.1, 0.15) is 23.5 Å². The lowest BCUT2D eigenvalue weighted by Crippen LogP contribution is -2.28. The van der Waals surface area contributed by atoms with Crippen molar-refractivity contribution in [1.29, 1.82) is 0 Å². The Balaban J connectivity index is 1.20. The molecule has 47 heavy (non-hydrogen) atoms. The molecule has 0 amide bonds. The van der Waals surface area contributed by atoms with Crippen LogP contribution in [0.1, 0.15) is 28.7 Å². The van der Waals surface area contributed by atoms with Crippen molar-refractivity contribution >= 4 is 55.8 Å². The van der Waals surface area contributed by atoms with Crippen molar-refractivity contribution in [1.82, 2.24) is 0 Å². The zero-order valence-corrected chi connectivity index (χ0v) is 27.5. The Bertz CT molecular complexity index is 2360. The lowest BCUT2D eigenvalue weighted by molar-refractivity contribution is 0.272. The van der Waals surface area contributed by atoms with Crippen LogP contribution in [0.25, 0.3) is 43.4 Å². The van der Waals surface area contributed by atoms with E-state index >= 15 is 0 Å². The van der Waals surface area contributed by atoms with Gasteiger partial charge in [-0.05, 0) is 102 Å². The van der Waals surface area contributed by atoms with Gasteiger partial charge in [0.2, 0.25) is 0 Å². The number of benzene rings is 7. The molecule has 3 atom stereocenters. The molecular weight excluding hydrogens is 613 g/mol. The van der Waals surface area contributed by atoms with Gasteiger partial charge in [-0.3, -0.25) is 0 Å². The smallest absolute Gasteiger partial charge is 0.145 e. The van der Waals surface area contributed by atoms with Crippen molar-refractivity contribution in [2.75, 3.05) is 18.1 Å². The maximum atomic E-state index is 6.24. The van der Waals surface area contributed by atoms with Crippen molar-refractivity contribution in [2.45, 2.75) is 22.5 Å². The first-order chi connectivity index (χ1) is 23.2. The van der Waals surface area contributed by atoms with E-state index in [-0.39, 0.29) is 5.44 Å². The normalized spacial score (nSPS) is 20.9. The second kappa shape index (κ2) is 10.8. The van der Waals surface area contributed by atoms with Gasteiger partial charge in [0, 0.05) is 23.2 Å². The van der Waals surface area contributed by atoms with Crippen molar-refractivity contribution < 1.29 is 9.47 Å². The summed E-state index contributed by atoms with van der Waals surface area (Å²) in [6.45, 7) is 0.786. The van der Waals surface area contributed by atoms with Gasteiger partial charge in [0.25, 0.3) is 0 Å². The second-order valence-corrected chi connectivity index (χ2v) is 15.5. The van der Waals surface area contributed by atoms with Gasteiger partial charge in [-0.25, -0.2) is 0 Å². The van der Waals surface area contributed by atoms with E-state index in [2.05, 4.69) is 133 Å². The van der Waals surface area contributed by atoms with Gasteiger partial charge >= 0.3 is 0 Å². The minimum atomic E-state index is -0.492. The topological polar surface area (TPSA) is 18.5 Å². The Hall–Kier alpha value is -4.38. The molecule has 1 aliphatic carbocycles. The van der Waals surface area contributed by atoms with Crippen molar-refractivity contribution in [3.63, 3.8) is 0 Å². The highest BCUT2D eigenvalue weighted by Crippen LogP contribution is 2.58. The molecule has 3 unspecified atom stereocenters. The van der Waals surface area contributed by atoms with Gasteiger partial charge in [0.05, 0.1) is 5.41 Å². The van der Waals surface area contributed by atoms with E-state index in [1.807, 2.05) is 23.5 Å². The zero-order valence-electron chi connectivity index (χ0n) is 25.8. The first kappa shape index (κ1) is 27.7. The van der Waals surface area contributed by atoms with Gasteiger partial charge < -0.3 is 9.47 Å². The Morgan fingerprint density at radius 2 is 1.23 bits per heavy atom. The highest BCUT2D eigenvalue weighted by molar-refractivity contribution is 8.06. The lowest BCUT2D eigenvalue weighted by atomic mass is 9.67. The van der Waals surface area contributed by atoms with Crippen molar-refractivity contribution in [3.05, 3.63) is 156 Å². The van der Waals surface area contributed by atoms with E-state index in [1.54, 1.807) is 0 Å². The molecule has 0 spiro atoms. The quantitative estimate of drug-likeness (QED) is 0.161. The summed E-state index contributed by atoms with van der Waals surface area (Å²) < 4.78 is 12.4. The Morgan fingerprint density at radius 1 is 0.596 bits per heavy atom. The molecule has 0 bridgehead atoms. The van der Waals surface area contributed by atoms with Crippen LogP contribution in [0.15, 0.2) is 133 Å². The van der Waals surface area contributed by atoms with E-state index in [1.165, 1.54) is 77.2 Å². The first-order valence-electron chi connectivity index (χ1n) is 16.5. The largest absolute Gasteiger partial charge is 0.492 e. The van der Waals surface area contributed by atoms with Crippen LogP contribution in [0.5, 0.6) is 11.5 Å². The molecule has 2 fully saturated rings. The Kier molecular flexibility index (Phi) is 6.39. The highest BCUT2D eigenvalue weighted by Gasteiger charge is 2.46. The standard InChI is InChI=1S/C43H32O2S2/c1-2-6-37-27(5-1)13-18-40-42(37)38-7-3-4-8-39(38)43(40,32-14-9-30-23-34(16-11-28(30)21-32)44-25-36-26-47-36)33-15-10-31-24-35(17-12-29(31)22-33)45-41-19-20-46-41/h1-18,21-24,36,41H,19-20,25-26H2. The lowest BCUT2D eigenvalue weighted by Gasteiger charge is -2.34. The number of rotatable bonds is 7. The average molecular weight is 645 g/mol. The summed E-state index contributed by atoms with van der Waals surface area (Å²) in [5.74, 6) is 4.30. The molecule has 0 saturated carbocycles. The third-order valence-corrected chi connectivity index (χ3v) is 12.3. The van der Waals surface area contributed by atoms with Crippen LogP contribution < -0.4 is 9.47 Å². The predicted octanol–water partition coefficient (Wildman–Crippen LogP) is 10.8. The molecule has 7 aromatic rings. The monoisotopic (exact) mass is 644 g/mol. The van der Waals surface area contributed by atoms with Gasteiger partial charge in [0.15, 0.2) is 0 Å². The van der Waals surface area contributed by atoms with Gasteiger partial charge in [-0.1, -0.05) is 97.1 Å². The number of fused-ring (bicyclic) bond motifs is 7. The predicted molar refractivity (Wildman–Crippen MR) is 199 cm³/mol. The van der Waals surface area contributed by atoms with E-state index < -0.39 is 5.41 Å². The maximum Gasteiger partial charge on any atom is 0.145 e. The number of thioether (sulfide) groups is 2. The SMILES string of the molecule is c1ccc2c(c1)-c1c(ccc3ccccc13)C2(c1ccc2cc(OCC3CS3)ccc2c1)c1ccc2cc(OC3CCS3)ccc2c1. The Labute approximate surface area is 283 Å². The summed E-state index contributed by atoms with van der Waals surface area (Å²) in [5.41, 5.74) is 7.64. The highest BCUT2D eigenvalue weighted by atomic mass is 32.2. The third kappa shape index (κ3) is 4.49. The summed E-state index contributed by atoms with van der Waals surface area (Å²) in [4.78, 5) is 0. The number of hydrogen-bond donors (Lipinski definition) is 0. The summed E-state index contributed by atoms with van der Waals surface area (Å²) in [6.07, 6.45) is 1.12. The van der Waals surface area contributed by atoms with Crippen LogP contribution in [-0.4, -0.2) is 28.8 Å². The molecular formula is C43H32O2S2. The van der Waals surface area contributed by atoms with Crippen LogP contribution in [0, 0.1) is 0 Å². The van der Waals surface area contributed by atoms with Crippen LogP contribution in [0.4, 0.5) is 0 Å². The fraction of sp³-hybridized carbons (Fsp3) is 0.163. The van der Waals surface area contributed by atoms with E-state index in [4.69, 9.17) is 9.47 Å². The molecule has 7 aromatic carbocycles. The molecule has 2 nitrogen and oxygen atoms in total. The number of ether oxygens (including phenoxy) is 2. The molecule has 4 heteroatoms. The zero-order chi connectivity index (χ0) is 31.0. The van der Waals surface area contributed by atoms with E-state index in [9.17, 15) is 0 Å². The molecule has 0 N–H and O–H groups in total. The van der Waals surface area contributed by atoms with E-state index in [0.717, 1.165) is 24.5 Å². The molecule has 2 heterocycles. The first-order valence-corrected chi connectivity index (χ1v) is 18.6. The maximum absolute atomic E-state index is 6.24. The molecule has 2 aliphatic heterocycles. The summed E-state index contributed by atoms with van der Waals surface area (Å²) in [6, 6.07) is 49.8. The average Bonchev–Trinajstić information content (AvgIpc) is 3.89. The fourth-order valence-electron chi connectivity index (χ4n) is 7.73. The summed E-state index contributed by atoms with van der Waals surface area (Å²) in [7, 11) is 0. The summed E-state index contributed by atoms with van der Waals surface area (Å²) >= 11 is 3.86. The minimum absolute atomic E-state index is 0.282. The number of hydrogen-bond acceptors (Lipinski definition) is 4. The minimum Gasteiger partial charge on any atom is -0.492 e. The van der Waals surface area contributed by atoms with Crippen LogP contribution >= 0.6 is 23.5 Å². The van der Waals surface area contributed by atoms with Crippen molar-refractivity contribution in [3.8, 4) is 22.6 Å². The van der Waals surface area contributed by atoms with Crippen LogP contribution in [0.3, 0.4) is 0 Å². The fourth-order valence-corrected chi connectivity index (χ4v) is 8.73. The van der Waals surface area contributed by atoms with Gasteiger partial charge in [-0.2, -0.15) is 11.8 Å². The molecule has 0 radical (unpaired) electrons. The Morgan fingerprint density at radius 3 is 1.98 bits per heavy atom. The van der Waals surface area contributed by atoms with Crippen LogP contribution in [0.2, 0.25) is 0 Å². The molecule has 2 saturated heterocycles. The van der Waals surface area contributed by atoms with Gasteiger partial charge in [-0.15, -0.1) is 11.8 Å². The molecule has 10 rings (SSSR count). The molecule has 0 aromatic heterocycles. The molecule has 228 valence electrons. The molecule has 3 aliphatic rings. The second-order valence-electron chi connectivity index (χ2n) is 12.9.